The fourth-order valence-corrected chi connectivity index (χ4v) is 0.101. The summed E-state index contributed by atoms with van der Waals surface area (Å²) in [6, 6.07) is 0. The highest BCUT2D eigenvalue weighted by Crippen LogP contribution is 1.55. The molecule has 0 bridgehead atoms. The summed E-state index contributed by atoms with van der Waals surface area (Å²) < 4.78 is 4.35. The first-order valence-corrected chi connectivity index (χ1v) is 1.56. The van der Waals surface area contributed by atoms with Crippen LogP contribution in [-0.4, -0.2) is 7.11 Å². The first-order valence-electron chi connectivity index (χ1n) is 1.56. The van der Waals surface area contributed by atoms with Gasteiger partial charge in [0.1, 0.15) is 6.11 Å². The van der Waals surface area contributed by atoms with Gasteiger partial charge in [-0.2, -0.15) is 0 Å². The van der Waals surface area contributed by atoms with Gasteiger partial charge < -0.3 is 4.74 Å². The van der Waals surface area contributed by atoms with Crippen LogP contribution in [0.2, 0.25) is 0 Å². The molecule has 1 nitrogen and oxygen atoms in total. The molecule has 0 N–H and O–H groups in total. The molecule has 32 valence electrons. The standard InChI is InChI=1S/C5H6O/c1-3-4-5-6-2/h3H,1H2,2H3. The van der Waals surface area contributed by atoms with Crippen LogP contribution in [0.5, 0.6) is 0 Å². The molecule has 0 radical (unpaired) electrons. The van der Waals surface area contributed by atoms with Crippen LogP contribution in [-0.2, 0) is 4.74 Å². The van der Waals surface area contributed by atoms with E-state index in [1.165, 1.54) is 13.2 Å². The number of rotatable bonds is 0. The van der Waals surface area contributed by atoms with Crippen molar-refractivity contribution in [1.29, 1.82) is 0 Å². The van der Waals surface area contributed by atoms with Crippen molar-refractivity contribution in [2.45, 2.75) is 0 Å². The normalized spacial score (nSPS) is 4.83. The van der Waals surface area contributed by atoms with Gasteiger partial charge in [-0.05, 0) is 12.0 Å². The van der Waals surface area contributed by atoms with Crippen molar-refractivity contribution in [2.75, 3.05) is 7.11 Å². The summed E-state index contributed by atoms with van der Waals surface area (Å²) in [6.45, 7) is 3.34. The van der Waals surface area contributed by atoms with E-state index in [-0.39, 0.29) is 0 Å². The van der Waals surface area contributed by atoms with Crippen LogP contribution >= 0.6 is 0 Å². The minimum Gasteiger partial charge on any atom is -0.450 e. The largest absolute Gasteiger partial charge is 0.450 e. The van der Waals surface area contributed by atoms with Crippen LogP contribution in [0.1, 0.15) is 0 Å². The van der Waals surface area contributed by atoms with Crippen LogP contribution in [0.4, 0.5) is 0 Å². The Hall–Kier alpha value is -0.900. The number of allylic oxidation sites excluding steroid dienone is 1. The van der Waals surface area contributed by atoms with Gasteiger partial charge in [-0.25, -0.2) is 0 Å². The van der Waals surface area contributed by atoms with Gasteiger partial charge in [-0.15, -0.1) is 0 Å². The molecule has 0 aliphatic heterocycles. The molecule has 0 saturated heterocycles. The molecule has 0 aromatic carbocycles. The van der Waals surface area contributed by atoms with E-state index in [0.29, 0.717) is 0 Å². The van der Waals surface area contributed by atoms with Gasteiger partial charge in [0.05, 0.1) is 7.11 Å². The molecule has 6 heavy (non-hydrogen) atoms. The predicted molar refractivity (Wildman–Crippen MR) is 25.0 cm³/mol. The molecular formula is C5H6O. The smallest absolute Gasteiger partial charge is 0.114 e. The third kappa shape index (κ3) is 3.10. The lowest BCUT2D eigenvalue weighted by Gasteiger charge is -1.70. The number of ether oxygens (including phenoxy) is 1. The van der Waals surface area contributed by atoms with E-state index in [2.05, 4.69) is 23.3 Å². The van der Waals surface area contributed by atoms with Crippen LogP contribution < -0.4 is 0 Å². The molecule has 0 unspecified atom stereocenters. The van der Waals surface area contributed by atoms with Crippen molar-refractivity contribution in [3.8, 4) is 12.0 Å². The molecule has 0 fully saturated rings. The summed E-state index contributed by atoms with van der Waals surface area (Å²) in [5.74, 6) is 2.49. The molecule has 0 aromatic rings. The first-order chi connectivity index (χ1) is 2.91. The van der Waals surface area contributed by atoms with E-state index in [1.54, 1.807) is 0 Å². The highest BCUT2D eigenvalue weighted by Gasteiger charge is 1.47. The Balaban J connectivity index is 3.13. The van der Waals surface area contributed by atoms with E-state index in [0.717, 1.165) is 0 Å². The van der Waals surface area contributed by atoms with Gasteiger partial charge in [0.25, 0.3) is 0 Å². The molecular weight excluding hydrogens is 76.1 g/mol. The maximum Gasteiger partial charge on any atom is 0.114 e. The van der Waals surface area contributed by atoms with Crippen molar-refractivity contribution in [2.24, 2.45) is 0 Å². The molecule has 0 amide bonds. The highest BCUT2D eigenvalue weighted by atomic mass is 16.5. The van der Waals surface area contributed by atoms with Gasteiger partial charge in [0.15, 0.2) is 0 Å². The second-order valence-electron chi connectivity index (χ2n) is 0.655. The summed E-state index contributed by atoms with van der Waals surface area (Å²) in [5, 5.41) is 0. The zero-order chi connectivity index (χ0) is 4.83. The van der Waals surface area contributed by atoms with Crippen LogP contribution in [0.3, 0.4) is 0 Å². The van der Waals surface area contributed by atoms with Crippen molar-refractivity contribution in [1.82, 2.24) is 0 Å². The van der Waals surface area contributed by atoms with E-state index in [1.807, 2.05) is 0 Å². The number of hydrogen-bond acceptors (Lipinski definition) is 1. The Kier molecular flexibility index (Phi) is 3.48. The van der Waals surface area contributed by atoms with Gasteiger partial charge in [-0.3, -0.25) is 0 Å². The second-order valence-corrected chi connectivity index (χ2v) is 0.655. The molecule has 0 aromatic heterocycles. The topological polar surface area (TPSA) is 9.23 Å². The minimum atomic E-state index is 1.48. The Morgan fingerprint density at radius 3 is 2.67 bits per heavy atom. The molecule has 0 rings (SSSR count). The summed E-state index contributed by atoms with van der Waals surface area (Å²) in [4.78, 5) is 0. The average molecular weight is 82.1 g/mol. The molecule has 1 heteroatoms. The van der Waals surface area contributed by atoms with Crippen LogP contribution in [0.15, 0.2) is 12.7 Å². The molecule has 0 aliphatic rings. The SMILES string of the molecule is C=CC#COC. The maximum atomic E-state index is 4.35. The summed E-state index contributed by atoms with van der Waals surface area (Å²) in [7, 11) is 1.51. The Morgan fingerprint density at radius 2 is 2.50 bits per heavy atom. The molecule has 0 heterocycles. The van der Waals surface area contributed by atoms with Crippen molar-refractivity contribution >= 4 is 0 Å². The molecule has 0 atom stereocenters. The van der Waals surface area contributed by atoms with Crippen LogP contribution in [0.25, 0.3) is 0 Å². The number of hydrogen-bond donors (Lipinski definition) is 0. The fourth-order valence-electron chi connectivity index (χ4n) is 0.101. The second kappa shape index (κ2) is 4.10. The lowest BCUT2D eigenvalue weighted by Crippen LogP contribution is -1.60. The van der Waals surface area contributed by atoms with E-state index < -0.39 is 0 Å². The predicted octanol–water partition coefficient (Wildman–Crippen LogP) is 0.780. The molecule has 0 saturated carbocycles. The zero-order valence-corrected chi connectivity index (χ0v) is 3.69. The quantitative estimate of drug-likeness (QED) is 0.392. The van der Waals surface area contributed by atoms with Crippen molar-refractivity contribution in [3.05, 3.63) is 12.7 Å². The Bertz CT molecular complexity index is 83.8. The average Bonchev–Trinajstić information content (AvgIpc) is 1.61. The summed E-state index contributed by atoms with van der Waals surface area (Å²) >= 11 is 0. The van der Waals surface area contributed by atoms with Gasteiger partial charge in [-0.1, -0.05) is 6.58 Å². The fraction of sp³-hybridized carbons (Fsp3) is 0.200. The lowest BCUT2D eigenvalue weighted by molar-refractivity contribution is 0.372. The maximum absolute atomic E-state index is 4.35. The van der Waals surface area contributed by atoms with E-state index >= 15 is 0 Å². The van der Waals surface area contributed by atoms with Crippen molar-refractivity contribution < 1.29 is 4.74 Å². The monoisotopic (exact) mass is 82.0 g/mol. The Morgan fingerprint density at radius 1 is 1.83 bits per heavy atom. The van der Waals surface area contributed by atoms with Crippen LogP contribution in [0, 0.1) is 12.0 Å². The van der Waals surface area contributed by atoms with Crippen molar-refractivity contribution in [3.63, 3.8) is 0 Å². The number of methoxy groups -OCH3 is 1. The minimum absolute atomic E-state index is 1.48. The van der Waals surface area contributed by atoms with Gasteiger partial charge in [0, 0.05) is 0 Å². The van der Waals surface area contributed by atoms with Gasteiger partial charge >= 0.3 is 0 Å². The van der Waals surface area contributed by atoms with Gasteiger partial charge in [0.2, 0.25) is 0 Å². The third-order valence-corrected chi connectivity index (χ3v) is 0.263. The Labute approximate surface area is 37.6 Å². The first kappa shape index (κ1) is 5.10. The zero-order valence-electron chi connectivity index (χ0n) is 3.69. The lowest BCUT2D eigenvalue weighted by atomic mass is 10.7. The summed E-state index contributed by atoms with van der Waals surface area (Å²) in [6.07, 6.45) is 3.81. The van der Waals surface area contributed by atoms with E-state index in [9.17, 15) is 0 Å². The molecule has 0 spiro atoms. The summed E-state index contributed by atoms with van der Waals surface area (Å²) in [5.41, 5.74) is 0. The van der Waals surface area contributed by atoms with E-state index in [4.69, 9.17) is 0 Å². The third-order valence-electron chi connectivity index (χ3n) is 0.263. The molecule has 0 aliphatic carbocycles. The highest BCUT2D eigenvalue weighted by molar-refractivity contribution is 5.07.